The van der Waals surface area contributed by atoms with Crippen molar-refractivity contribution in [3.05, 3.63) is 65.5 Å². The summed E-state index contributed by atoms with van der Waals surface area (Å²) in [5, 5.41) is 12.4. The highest BCUT2D eigenvalue weighted by Gasteiger charge is 2.17. The molecule has 0 radical (unpaired) electrons. The first-order chi connectivity index (χ1) is 11.5. The van der Waals surface area contributed by atoms with Gasteiger partial charge in [-0.2, -0.15) is 0 Å². The summed E-state index contributed by atoms with van der Waals surface area (Å²) in [6.07, 6.45) is 0.0138. The Hall–Kier alpha value is -2.40. The number of methoxy groups -OCH3 is 1. The highest BCUT2D eigenvalue weighted by Crippen LogP contribution is 2.21. The molecule has 0 saturated heterocycles. The molecule has 1 amide bonds. The van der Waals surface area contributed by atoms with Crippen LogP contribution in [0.1, 0.15) is 35.2 Å². The van der Waals surface area contributed by atoms with E-state index in [2.05, 4.69) is 5.32 Å². The summed E-state index contributed by atoms with van der Waals surface area (Å²) < 4.78 is 18.9. The number of carbonyl (C=O) groups is 1. The number of hydrogen-bond acceptors (Lipinski definition) is 3. The fourth-order valence-corrected chi connectivity index (χ4v) is 2.59. The van der Waals surface area contributed by atoms with Crippen LogP contribution in [0.25, 0.3) is 0 Å². The van der Waals surface area contributed by atoms with Gasteiger partial charge in [0.25, 0.3) is 5.91 Å². The zero-order valence-corrected chi connectivity index (χ0v) is 13.8. The molecule has 0 heterocycles. The van der Waals surface area contributed by atoms with Crippen LogP contribution in [0.15, 0.2) is 48.5 Å². The molecule has 2 rings (SSSR count). The molecule has 2 aromatic carbocycles. The van der Waals surface area contributed by atoms with Gasteiger partial charge in [-0.3, -0.25) is 4.79 Å². The van der Waals surface area contributed by atoms with Crippen LogP contribution in [0.2, 0.25) is 0 Å². The minimum atomic E-state index is -0.626. The standard InChI is InChI=1S/C19H22FNO3/c1-13(22)10-15(14-6-4-3-5-7-14)12-21-19(23)17-9-8-16(24-2)11-18(17)20/h3-9,11,13,15,22H,10,12H2,1-2H3,(H,21,23). The van der Waals surface area contributed by atoms with Crippen molar-refractivity contribution >= 4 is 5.91 Å². The molecule has 5 heteroatoms. The fourth-order valence-electron chi connectivity index (χ4n) is 2.59. The number of halogens is 1. The van der Waals surface area contributed by atoms with Crippen LogP contribution in [0.3, 0.4) is 0 Å². The van der Waals surface area contributed by atoms with Crippen molar-refractivity contribution in [2.45, 2.75) is 25.4 Å². The quantitative estimate of drug-likeness (QED) is 0.819. The Labute approximate surface area is 141 Å². The Morgan fingerprint density at radius 2 is 1.96 bits per heavy atom. The molecule has 2 unspecified atom stereocenters. The van der Waals surface area contributed by atoms with Gasteiger partial charge >= 0.3 is 0 Å². The van der Waals surface area contributed by atoms with Crippen LogP contribution in [0, 0.1) is 5.82 Å². The Morgan fingerprint density at radius 3 is 2.54 bits per heavy atom. The maximum absolute atomic E-state index is 14.0. The minimum Gasteiger partial charge on any atom is -0.497 e. The first kappa shape index (κ1) is 17.9. The van der Waals surface area contributed by atoms with Crippen molar-refractivity contribution in [3.63, 3.8) is 0 Å². The SMILES string of the molecule is COc1ccc(C(=O)NCC(CC(C)O)c2ccccc2)c(F)c1. The van der Waals surface area contributed by atoms with E-state index in [4.69, 9.17) is 4.74 Å². The smallest absolute Gasteiger partial charge is 0.254 e. The number of aliphatic hydroxyl groups is 1. The number of nitrogens with one attached hydrogen (secondary N) is 1. The van der Waals surface area contributed by atoms with Crippen molar-refractivity contribution in [2.24, 2.45) is 0 Å². The van der Waals surface area contributed by atoms with Gasteiger partial charge in [-0.25, -0.2) is 4.39 Å². The third kappa shape index (κ3) is 4.80. The van der Waals surface area contributed by atoms with Crippen LogP contribution in [0.5, 0.6) is 5.75 Å². The van der Waals surface area contributed by atoms with Crippen molar-refractivity contribution in [1.29, 1.82) is 0 Å². The molecule has 24 heavy (non-hydrogen) atoms. The molecule has 0 spiro atoms. The summed E-state index contributed by atoms with van der Waals surface area (Å²) >= 11 is 0. The molecule has 0 aliphatic heterocycles. The van der Waals surface area contributed by atoms with Gasteiger partial charge in [-0.15, -0.1) is 0 Å². The third-order valence-corrected chi connectivity index (χ3v) is 3.83. The van der Waals surface area contributed by atoms with Gasteiger partial charge < -0.3 is 15.2 Å². The molecular formula is C19H22FNO3. The van der Waals surface area contributed by atoms with Crippen LogP contribution in [-0.2, 0) is 0 Å². The lowest BCUT2D eigenvalue weighted by Gasteiger charge is -2.20. The summed E-state index contributed by atoms with van der Waals surface area (Å²) in [5.41, 5.74) is 0.994. The topological polar surface area (TPSA) is 58.6 Å². The predicted molar refractivity (Wildman–Crippen MR) is 90.8 cm³/mol. The summed E-state index contributed by atoms with van der Waals surface area (Å²) in [5.74, 6) is -0.794. The van der Waals surface area contributed by atoms with Gasteiger partial charge in [0, 0.05) is 18.5 Å². The minimum absolute atomic E-state index is 0.0281. The molecule has 2 atom stereocenters. The van der Waals surface area contributed by atoms with Gasteiger partial charge in [0.1, 0.15) is 11.6 Å². The van der Waals surface area contributed by atoms with Gasteiger partial charge in [0.05, 0.1) is 18.8 Å². The second kappa shape index (κ2) is 8.45. The Kier molecular flexibility index (Phi) is 6.32. The van der Waals surface area contributed by atoms with E-state index in [1.807, 2.05) is 30.3 Å². The molecular weight excluding hydrogens is 309 g/mol. The summed E-state index contributed by atoms with van der Waals surface area (Å²) in [4.78, 5) is 12.2. The zero-order chi connectivity index (χ0) is 17.5. The third-order valence-electron chi connectivity index (χ3n) is 3.83. The van der Waals surface area contributed by atoms with Gasteiger partial charge in [0.15, 0.2) is 0 Å². The molecule has 128 valence electrons. The van der Waals surface area contributed by atoms with Crippen LogP contribution in [-0.4, -0.2) is 30.8 Å². The van der Waals surface area contributed by atoms with Crippen LogP contribution in [0.4, 0.5) is 4.39 Å². The first-order valence-electron chi connectivity index (χ1n) is 7.86. The van der Waals surface area contributed by atoms with Gasteiger partial charge in [-0.05, 0) is 31.0 Å². The van der Waals surface area contributed by atoms with E-state index in [9.17, 15) is 14.3 Å². The van der Waals surface area contributed by atoms with E-state index in [0.29, 0.717) is 18.7 Å². The largest absolute Gasteiger partial charge is 0.497 e. The fraction of sp³-hybridized carbons (Fsp3) is 0.316. The van der Waals surface area contributed by atoms with E-state index >= 15 is 0 Å². The average molecular weight is 331 g/mol. The van der Waals surface area contributed by atoms with Crippen molar-refractivity contribution in [2.75, 3.05) is 13.7 Å². The molecule has 0 aliphatic rings. The molecule has 0 bridgehead atoms. The Bertz CT molecular complexity index is 674. The number of aliphatic hydroxyl groups excluding tert-OH is 1. The van der Waals surface area contributed by atoms with Crippen molar-refractivity contribution < 1.29 is 19.0 Å². The Morgan fingerprint density at radius 1 is 1.25 bits per heavy atom. The summed E-state index contributed by atoms with van der Waals surface area (Å²) in [7, 11) is 1.44. The lowest BCUT2D eigenvalue weighted by Crippen LogP contribution is -2.30. The number of ether oxygens (including phenoxy) is 1. The summed E-state index contributed by atoms with van der Waals surface area (Å²) in [6, 6.07) is 13.8. The van der Waals surface area contributed by atoms with E-state index in [1.54, 1.807) is 13.0 Å². The number of carbonyl (C=O) groups excluding carboxylic acids is 1. The molecule has 0 fully saturated rings. The predicted octanol–water partition coefficient (Wildman–Crippen LogP) is 3.12. The number of rotatable bonds is 7. The monoisotopic (exact) mass is 331 g/mol. The number of hydrogen-bond donors (Lipinski definition) is 2. The highest BCUT2D eigenvalue weighted by molar-refractivity contribution is 5.94. The molecule has 2 aromatic rings. The van der Waals surface area contributed by atoms with Gasteiger partial charge in [-0.1, -0.05) is 30.3 Å². The Balaban J connectivity index is 2.07. The van der Waals surface area contributed by atoms with Crippen LogP contribution < -0.4 is 10.1 Å². The zero-order valence-electron chi connectivity index (χ0n) is 13.8. The molecule has 0 aliphatic carbocycles. The molecule has 4 nitrogen and oxygen atoms in total. The first-order valence-corrected chi connectivity index (χ1v) is 7.86. The average Bonchev–Trinajstić information content (AvgIpc) is 2.58. The molecule has 0 aromatic heterocycles. The lowest BCUT2D eigenvalue weighted by molar-refractivity contribution is 0.0941. The normalized spacial score (nSPS) is 13.2. The maximum Gasteiger partial charge on any atom is 0.254 e. The second-order valence-corrected chi connectivity index (χ2v) is 5.75. The molecule has 0 saturated carbocycles. The van der Waals surface area contributed by atoms with E-state index in [-0.39, 0.29) is 11.5 Å². The summed E-state index contributed by atoms with van der Waals surface area (Å²) in [6.45, 7) is 2.03. The number of benzene rings is 2. The van der Waals surface area contributed by atoms with E-state index in [0.717, 1.165) is 5.56 Å². The van der Waals surface area contributed by atoms with E-state index in [1.165, 1.54) is 19.2 Å². The lowest BCUT2D eigenvalue weighted by atomic mass is 9.93. The second-order valence-electron chi connectivity index (χ2n) is 5.75. The number of amides is 1. The van der Waals surface area contributed by atoms with Crippen LogP contribution >= 0.6 is 0 Å². The van der Waals surface area contributed by atoms with Crippen molar-refractivity contribution in [3.8, 4) is 5.75 Å². The maximum atomic E-state index is 14.0. The highest BCUT2D eigenvalue weighted by atomic mass is 19.1. The molecule has 2 N–H and O–H groups in total. The van der Waals surface area contributed by atoms with Gasteiger partial charge in [0.2, 0.25) is 0 Å². The van der Waals surface area contributed by atoms with Crippen molar-refractivity contribution in [1.82, 2.24) is 5.32 Å². The van der Waals surface area contributed by atoms with E-state index < -0.39 is 17.8 Å².